The van der Waals surface area contributed by atoms with Crippen molar-refractivity contribution in [3.63, 3.8) is 0 Å². The normalized spacial score (nSPS) is 23.3. The van der Waals surface area contributed by atoms with Gasteiger partial charge in [0.15, 0.2) is 0 Å². The Balaban J connectivity index is 1.64. The minimum absolute atomic E-state index is 0.00209. The van der Waals surface area contributed by atoms with E-state index in [9.17, 15) is 26.3 Å². The molecule has 0 bridgehead atoms. The molecule has 2 aliphatic heterocycles. The number of piperidine rings is 1. The first kappa shape index (κ1) is 28.9. The van der Waals surface area contributed by atoms with Gasteiger partial charge in [-0.3, -0.25) is 0 Å². The third-order valence-corrected chi connectivity index (χ3v) is 10.7. The highest BCUT2D eigenvalue weighted by Crippen LogP contribution is 2.37. The van der Waals surface area contributed by atoms with Crippen molar-refractivity contribution in [2.75, 3.05) is 46.4 Å². The summed E-state index contributed by atoms with van der Waals surface area (Å²) in [5, 5.41) is 10.5. The molecule has 2 aromatic rings. The molecule has 2 heterocycles. The van der Waals surface area contributed by atoms with Gasteiger partial charge in [-0.25, -0.2) is 25.9 Å². The number of sulfonamides is 2. The predicted octanol–water partition coefficient (Wildman–Crippen LogP) is 2.38. The Morgan fingerprint density at radius 2 is 1.84 bits per heavy atom. The standard InChI is InChI=1S/C26H36FN3O6S2/c1-19(2)20-8-9-25-23(14-20)36-18-26(17-29(3)16-21(31)15-28-37(25,32)33)10-12-30(13-11-26)38(34,35)24-7-5-4-6-22(24)27/h4-9,14,19,21,28,31H,10-13,15-18H2,1-3H3. The van der Waals surface area contributed by atoms with Gasteiger partial charge in [-0.2, -0.15) is 4.31 Å². The number of ether oxygens (including phenoxy) is 1. The third-order valence-electron chi connectivity index (χ3n) is 7.33. The van der Waals surface area contributed by atoms with Crippen LogP contribution < -0.4 is 9.46 Å². The average molecular weight is 570 g/mol. The molecule has 1 fully saturated rings. The van der Waals surface area contributed by atoms with Gasteiger partial charge in [0.25, 0.3) is 0 Å². The van der Waals surface area contributed by atoms with Crippen LogP contribution in [0.2, 0.25) is 0 Å². The van der Waals surface area contributed by atoms with Gasteiger partial charge in [0.1, 0.15) is 21.4 Å². The molecule has 1 unspecified atom stereocenters. The molecule has 0 saturated carbocycles. The molecule has 0 aliphatic carbocycles. The van der Waals surface area contributed by atoms with Crippen LogP contribution in [0.1, 0.15) is 38.2 Å². The minimum atomic E-state index is -4.01. The van der Waals surface area contributed by atoms with Crippen LogP contribution in [-0.2, 0) is 20.0 Å². The summed E-state index contributed by atoms with van der Waals surface area (Å²) in [6, 6.07) is 10.3. The fourth-order valence-electron chi connectivity index (χ4n) is 5.14. The molecule has 9 nitrogen and oxygen atoms in total. The lowest BCUT2D eigenvalue weighted by Gasteiger charge is -2.43. The van der Waals surface area contributed by atoms with Gasteiger partial charge < -0.3 is 14.7 Å². The quantitative estimate of drug-likeness (QED) is 0.583. The third kappa shape index (κ3) is 6.21. The average Bonchev–Trinajstić information content (AvgIpc) is 2.86. The second-order valence-electron chi connectivity index (χ2n) is 10.7. The molecule has 12 heteroatoms. The van der Waals surface area contributed by atoms with Gasteiger partial charge in [-0.15, -0.1) is 0 Å². The van der Waals surface area contributed by atoms with Crippen molar-refractivity contribution >= 4 is 20.0 Å². The van der Waals surface area contributed by atoms with Crippen molar-refractivity contribution in [2.24, 2.45) is 5.41 Å². The lowest BCUT2D eigenvalue weighted by atomic mass is 9.79. The number of nitrogens with zero attached hydrogens (tertiary/aromatic N) is 2. The van der Waals surface area contributed by atoms with E-state index in [2.05, 4.69) is 4.72 Å². The van der Waals surface area contributed by atoms with E-state index in [1.807, 2.05) is 25.8 Å². The maximum atomic E-state index is 14.3. The highest BCUT2D eigenvalue weighted by molar-refractivity contribution is 7.89. The van der Waals surface area contributed by atoms with Crippen LogP contribution in [0.15, 0.2) is 52.3 Å². The zero-order chi connectivity index (χ0) is 27.7. The van der Waals surface area contributed by atoms with Crippen LogP contribution in [0.4, 0.5) is 4.39 Å². The second-order valence-corrected chi connectivity index (χ2v) is 14.3. The van der Waals surface area contributed by atoms with Crippen molar-refractivity contribution in [1.82, 2.24) is 13.9 Å². The number of benzene rings is 2. The van der Waals surface area contributed by atoms with E-state index in [4.69, 9.17) is 4.74 Å². The van der Waals surface area contributed by atoms with Gasteiger partial charge in [0, 0.05) is 38.1 Å². The Hall–Kier alpha value is -2.09. The summed E-state index contributed by atoms with van der Waals surface area (Å²) >= 11 is 0. The molecule has 2 aliphatic rings. The van der Waals surface area contributed by atoms with Crippen molar-refractivity contribution in [2.45, 2.75) is 48.5 Å². The minimum Gasteiger partial charge on any atom is -0.492 e. The lowest BCUT2D eigenvalue weighted by Crippen LogP contribution is -2.51. The van der Waals surface area contributed by atoms with E-state index < -0.39 is 37.4 Å². The maximum Gasteiger partial charge on any atom is 0.245 e. The topological polar surface area (TPSA) is 116 Å². The molecule has 0 amide bonds. The van der Waals surface area contributed by atoms with Crippen molar-refractivity contribution in [1.29, 1.82) is 0 Å². The SMILES string of the molecule is CC(C)c1ccc2c(c1)OCC1(CCN(S(=O)(=O)c3ccccc3F)CC1)CN(C)CC(O)CNS2(=O)=O. The summed E-state index contributed by atoms with van der Waals surface area (Å²) < 4.78 is 76.8. The first-order valence-electron chi connectivity index (χ1n) is 12.7. The number of hydrogen-bond donors (Lipinski definition) is 2. The maximum absolute atomic E-state index is 14.3. The Labute approximate surface area is 224 Å². The Bertz CT molecular complexity index is 1360. The van der Waals surface area contributed by atoms with E-state index in [0.29, 0.717) is 19.4 Å². The summed E-state index contributed by atoms with van der Waals surface area (Å²) in [5.74, 6) is -0.417. The number of nitrogens with one attached hydrogen (secondary N) is 1. The molecular formula is C26H36FN3O6S2. The fourth-order valence-corrected chi connectivity index (χ4v) is 7.84. The molecule has 2 aromatic carbocycles. The van der Waals surface area contributed by atoms with Gasteiger partial charge in [0.05, 0.1) is 12.7 Å². The smallest absolute Gasteiger partial charge is 0.245 e. The second kappa shape index (κ2) is 11.2. The van der Waals surface area contributed by atoms with Gasteiger partial charge >= 0.3 is 0 Å². The summed E-state index contributed by atoms with van der Waals surface area (Å²) in [4.78, 5) is 1.56. The number of aliphatic hydroxyl groups excluding tert-OH is 1. The monoisotopic (exact) mass is 569 g/mol. The van der Waals surface area contributed by atoms with Crippen molar-refractivity contribution in [3.8, 4) is 5.75 Å². The predicted molar refractivity (Wildman–Crippen MR) is 142 cm³/mol. The largest absolute Gasteiger partial charge is 0.492 e. The van der Waals surface area contributed by atoms with Crippen LogP contribution in [0.5, 0.6) is 5.75 Å². The van der Waals surface area contributed by atoms with E-state index in [-0.39, 0.29) is 54.2 Å². The molecule has 0 radical (unpaired) electrons. The Kier molecular flexibility index (Phi) is 8.51. The number of likely N-dealkylation sites (N-methyl/N-ethyl adjacent to an activating group) is 1. The highest BCUT2D eigenvalue weighted by Gasteiger charge is 2.41. The van der Waals surface area contributed by atoms with Crippen LogP contribution in [0.3, 0.4) is 0 Å². The van der Waals surface area contributed by atoms with Crippen LogP contribution in [0, 0.1) is 11.2 Å². The van der Waals surface area contributed by atoms with E-state index >= 15 is 0 Å². The van der Waals surface area contributed by atoms with E-state index in [1.54, 1.807) is 12.1 Å². The molecule has 38 heavy (non-hydrogen) atoms. The fraction of sp³-hybridized carbons (Fsp3) is 0.538. The molecular weight excluding hydrogens is 533 g/mol. The summed E-state index contributed by atoms with van der Waals surface area (Å²) in [6.07, 6.45) is -0.0940. The summed E-state index contributed by atoms with van der Waals surface area (Å²) in [7, 11) is -6.13. The number of hydrogen-bond acceptors (Lipinski definition) is 7. The zero-order valence-electron chi connectivity index (χ0n) is 21.9. The highest BCUT2D eigenvalue weighted by atomic mass is 32.2. The van der Waals surface area contributed by atoms with Crippen molar-refractivity contribution in [3.05, 3.63) is 53.8 Å². The Morgan fingerprint density at radius 3 is 2.50 bits per heavy atom. The van der Waals surface area contributed by atoms with Crippen LogP contribution in [-0.4, -0.2) is 83.6 Å². The molecule has 1 atom stereocenters. The van der Waals surface area contributed by atoms with Gasteiger partial charge in [-0.05, 0) is 55.6 Å². The number of rotatable bonds is 3. The molecule has 2 N–H and O–H groups in total. The van der Waals surface area contributed by atoms with Crippen LogP contribution >= 0.6 is 0 Å². The lowest BCUT2D eigenvalue weighted by molar-refractivity contribution is 0.0318. The molecule has 4 rings (SSSR count). The summed E-state index contributed by atoms with van der Waals surface area (Å²) in [6.45, 7) is 5.06. The number of β-amino-alcohol motifs (C(OH)–C–C–N with tert-alkyl or cyclic N) is 1. The van der Waals surface area contributed by atoms with Crippen LogP contribution in [0.25, 0.3) is 0 Å². The first-order chi connectivity index (χ1) is 17.8. The molecule has 210 valence electrons. The molecule has 1 saturated heterocycles. The molecule has 1 spiro atoms. The first-order valence-corrected chi connectivity index (χ1v) is 15.6. The van der Waals surface area contributed by atoms with E-state index in [0.717, 1.165) is 11.6 Å². The van der Waals surface area contributed by atoms with Gasteiger partial charge in [-0.1, -0.05) is 32.0 Å². The summed E-state index contributed by atoms with van der Waals surface area (Å²) in [5.41, 5.74) is 0.403. The van der Waals surface area contributed by atoms with Gasteiger partial charge in [0.2, 0.25) is 20.0 Å². The number of aliphatic hydroxyl groups is 1. The number of halogens is 1. The Morgan fingerprint density at radius 1 is 1.16 bits per heavy atom. The molecule has 0 aromatic heterocycles. The van der Waals surface area contributed by atoms with Crippen molar-refractivity contribution < 1.29 is 31.1 Å². The number of fused-ring (bicyclic) bond motifs is 1. The van der Waals surface area contributed by atoms with E-state index in [1.165, 1.54) is 28.6 Å². The zero-order valence-corrected chi connectivity index (χ0v) is 23.6.